The minimum absolute atomic E-state index is 0.0510. The normalized spacial score (nSPS) is 12.0. The van der Waals surface area contributed by atoms with Gasteiger partial charge in [-0.15, -0.1) is 11.3 Å². The molecule has 0 saturated heterocycles. The van der Waals surface area contributed by atoms with Crippen LogP contribution in [0.25, 0.3) is 41.7 Å². The summed E-state index contributed by atoms with van der Waals surface area (Å²) in [6.45, 7) is 0.181. The van der Waals surface area contributed by atoms with E-state index in [0.29, 0.717) is 17.2 Å². The Hall–Kier alpha value is -2.76. The summed E-state index contributed by atoms with van der Waals surface area (Å²) >= 11 is 1.67. The van der Waals surface area contributed by atoms with Crippen molar-refractivity contribution in [3.63, 3.8) is 0 Å². The van der Waals surface area contributed by atoms with Gasteiger partial charge in [0.15, 0.2) is 0 Å². The Kier molecular flexibility index (Phi) is 3.35. The van der Waals surface area contributed by atoms with Crippen LogP contribution in [0.3, 0.4) is 0 Å². The summed E-state index contributed by atoms with van der Waals surface area (Å²) in [5.41, 5.74) is -0.549. The summed E-state index contributed by atoms with van der Waals surface area (Å²) in [6.07, 6.45) is 0.384. The fraction of sp³-hybridized carbons (Fsp3) is 0.143. The lowest BCUT2D eigenvalue weighted by Gasteiger charge is -2.13. The molecule has 0 aliphatic rings. The molecule has 0 amide bonds. The molecule has 1 N–H and O–H groups in total. The summed E-state index contributed by atoms with van der Waals surface area (Å²) in [5.74, 6) is 0. The van der Waals surface area contributed by atoms with Crippen LogP contribution in [-0.4, -0.2) is 16.3 Å². The second-order valence-electron chi connectivity index (χ2n) is 6.46. The summed E-state index contributed by atoms with van der Waals surface area (Å²) < 4.78 is 3.50. The van der Waals surface area contributed by atoms with Gasteiger partial charge in [0.2, 0.25) is 0 Å². The van der Waals surface area contributed by atoms with Gasteiger partial charge in [-0.25, -0.2) is 0 Å². The van der Waals surface area contributed by atoms with E-state index in [1.807, 2.05) is 36.4 Å². The van der Waals surface area contributed by atoms with Crippen LogP contribution in [0.4, 0.5) is 0 Å². The van der Waals surface area contributed by atoms with Crippen LogP contribution in [-0.2, 0) is 6.54 Å². The Bertz CT molecular complexity index is 1380. The number of hydrogen-bond donors (Lipinski definition) is 1. The second-order valence-corrected chi connectivity index (χ2v) is 7.54. The van der Waals surface area contributed by atoms with Gasteiger partial charge in [-0.05, 0) is 41.5 Å². The molecule has 0 aliphatic heterocycles. The average Bonchev–Trinajstić information content (AvgIpc) is 2.67. The fourth-order valence-corrected chi connectivity index (χ4v) is 4.96. The average molecular weight is 361 g/mol. The third kappa shape index (κ3) is 1.98. The van der Waals surface area contributed by atoms with E-state index >= 15 is 0 Å². The lowest BCUT2D eigenvalue weighted by Crippen LogP contribution is -2.33. The quantitative estimate of drug-likeness (QED) is 0.394. The fourth-order valence-electron chi connectivity index (χ4n) is 3.84. The SMILES string of the molecule is O=c1c2ccc3sc4ccccc4c4ccc(c(=O)n1CCCO)c2c34. The van der Waals surface area contributed by atoms with E-state index in [1.165, 1.54) is 9.27 Å². The number of aliphatic hydroxyl groups excluding tert-OH is 1. The van der Waals surface area contributed by atoms with Crippen LogP contribution in [0.2, 0.25) is 0 Å². The third-order valence-corrected chi connectivity index (χ3v) is 6.15. The standard InChI is InChI=1S/C21H15NO3S/c23-11-3-10-22-20(24)14-7-6-13-12-4-1-2-5-16(12)26-17-9-8-15(21(22)25)18(14)19(13)17/h1-2,4-9,23H,3,10-11H2. The van der Waals surface area contributed by atoms with E-state index in [2.05, 4.69) is 12.1 Å². The highest BCUT2D eigenvalue weighted by Crippen LogP contribution is 2.39. The van der Waals surface area contributed by atoms with E-state index in [4.69, 9.17) is 5.11 Å². The van der Waals surface area contributed by atoms with Crippen molar-refractivity contribution in [3.8, 4) is 0 Å². The number of hydrogen-bond acceptors (Lipinski definition) is 4. The maximum atomic E-state index is 12.9. The number of pyridine rings is 1. The van der Waals surface area contributed by atoms with Gasteiger partial charge in [0.05, 0.1) is 0 Å². The molecular weight excluding hydrogens is 346 g/mol. The van der Waals surface area contributed by atoms with Crippen molar-refractivity contribution >= 4 is 53.1 Å². The summed E-state index contributed by atoms with van der Waals surface area (Å²) in [7, 11) is 0. The molecule has 0 unspecified atom stereocenters. The van der Waals surface area contributed by atoms with Gasteiger partial charge < -0.3 is 5.11 Å². The van der Waals surface area contributed by atoms with Gasteiger partial charge in [-0.3, -0.25) is 14.2 Å². The zero-order chi connectivity index (χ0) is 17.8. The van der Waals surface area contributed by atoms with Gasteiger partial charge >= 0.3 is 0 Å². The topological polar surface area (TPSA) is 59.3 Å². The maximum Gasteiger partial charge on any atom is 0.261 e. The lowest BCUT2D eigenvalue weighted by molar-refractivity contribution is 0.278. The van der Waals surface area contributed by atoms with Gasteiger partial charge in [0, 0.05) is 44.1 Å². The minimum atomic E-state index is -0.275. The molecule has 5 heteroatoms. The van der Waals surface area contributed by atoms with Crippen LogP contribution < -0.4 is 11.1 Å². The molecule has 0 bridgehead atoms. The van der Waals surface area contributed by atoms with Gasteiger partial charge in [-0.1, -0.05) is 24.3 Å². The van der Waals surface area contributed by atoms with Gasteiger partial charge in [0.1, 0.15) is 0 Å². The Balaban J connectivity index is 2.04. The highest BCUT2D eigenvalue weighted by Gasteiger charge is 2.17. The zero-order valence-corrected chi connectivity index (χ0v) is 14.7. The Morgan fingerprint density at radius 1 is 0.769 bits per heavy atom. The predicted molar refractivity (Wildman–Crippen MR) is 108 cm³/mol. The van der Waals surface area contributed by atoms with Crippen molar-refractivity contribution in [3.05, 3.63) is 69.2 Å². The Labute approximate surface area is 151 Å². The first kappa shape index (κ1) is 15.5. The second kappa shape index (κ2) is 5.62. The molecule has 26 heavy (non-hydrogen) atoms. The minimum Gasteiger partial charge on any atom is -0.396 e. The van der Waals surface area contributed by atoms with Crippen molar-refractivity contribution < 1.29 is 5.11 Å². The third-order valence-electron chi connectivity index (χ3n) is 5.01. The van der Waals surface area contributed by atoms with Crippen LogP contribution in [0.15, 0.2) is 58.1 Å². The highest BCUT2D eigenvalue weighted by molar-refractivity contribution is 7.25. The molecule has 4 nitrogen and oxygen atoms in total. The highest BCUT2D eigenvalue weighted by atomic mass is 32.1. The molecule has 2 heterocycles. The molecule has 2 aromatic heterocycles. The molecular formula is C21H15NO3S. The number of aromatic nitrogens is 1. The van der Waals surface area contributed by atoms with Crippen molar-refractivity contribution in [2.24, 2.45) is 0 Å². The molecule has 5 aromatic rings. The van der Waals surface area contributed by atoms with E-state index in [9.17, 15) is 9.59 Å². The van der Waals surface area contributed by atoms with Crippen LogP contribution in [0.5, 0.6) is 0 Å². The van der Waals surface area contributed by atoms with Gasteiger partial charge in [-0.2, -0.15) is 0 Å². The van der Waals surface area contributed by atoms with Crippen molar-refractivity contribution in [1.82, 2.24) is 4.57 Å². The Morgan fingerprint density at radius 3 is 2.23 bits per heavy atom. The number of fused-ring (bicyclic) bond motifs is 2. The summed E-state index contributed by atoms with van der Waals surface area (Å²) in [6, 6.07) is 15.8. The first-order valence-electron chi connectivity index (χ1n) is 8.54. The number of benzene rings is 3. The maximum absolute atomic E-state index is 12.9. The van der Waals surface area contributed by atoms with Gasteiger partial charge in [0.25, 0.3) is 11.1 Å². The monoisotopic (exact) mass is 361 g/mol. The van der Waals surface area contributed by atoms with E-state index in [1.54, 1.807) is 11.3 Å². The van der Waals surface area contributed by atoms with Crippen LogP contribution >= 0.6 is 11.3 Å². The summed E-state index contributed by atoms with van der Waals surface area (Å²) in [4.78, 5) is 25.8. The van der Waals surface area contributed by atoms with Crippen molar-refractivity contribution in [1.29, 1.82) is 0 Å². The molecule has 5 rings (SSSR count). The molecule has 0 radical (unpaired) electrons. The van der Waals surface area contributed by atoms with Crippen molar-refractivity contribution in [2.75, 3.05) is 6.61 Å². The van der Waals surface area contributed by atoms with Crippen molar-refractivity contribution in [2.45, 2.75) is 13.0 Å². The van der Waals surface area contributed by atoms with E-state index in [0.717, 1.165) is 26.2 Å². The number of nitrogens with zero attached hydrogens (tertiary/aromatic N) is 1. The first-order chi connectivity index (χ1) is 12.7. The molecule has 0 aliphatic carbocycles. The van der Waals surface area contributed by atoms with Crippen LogP contribution in [0.1, 0.15) is 6.42 Å². The molecule has 3 aromatic carbocycles. The zero-order valence-electron chi connectivity index (χ0n) is 13.9. The van der Waals surface area contributed by atoms with E-state index < -0.39 is 0 Å². The Morgan fingerprint density at radius 2 is 1.46 bits per heavy atom. The van der Waals surface area contributed by atoms with Crippen LogP contribution in [0, 0.1) is 0 Å². The number of aliphatic hydroxyl groups is 1. The molecule has 0 fully saturated rings. The first-order valence-corrected chi connectivity index (χ1v) is 9.36. The largest absolute Gasteiger partial charge is 0.396 e. The van der Waals surface area contributed by atoms with E-state index in [-0.39, 0.29) is 24.3 Å². The number of rotatable bonds is 3. The predicted octanol–water partition coefficient (Wildman–Crippen LogP) is 3.70. The molecule has 0 saturated carbocycles. The smallest absolute Gasteiger partial charge is 0.261 e. The summed E-state index contributed by atoms with van der Waals surface area (Å²) in [5, 5.41) is 14.2. The molecule has 0 atom stereocenters. The molecule has 0 spiro atoms. The molecule has 128 valence electrons. The lowest BCUT2D eigenvalue weighted by atomic mass is 9.98.